The van der Waals surface area contributed by atoms with Crippen molar-refractivity contribution in [3.05, 3.63) is 35.7 Å². The van der Waals surface area contributed by atoms with E-state index in [2.05, 4.69) is 15.6 Å². The standard InChI is InChI=1S/C15H16N4O5/c1-9(10-2-3-12-13(6-10)24-5-4-23-12)16-14(20)8-19-7-11(15(21)22)17-18-19/h2-3,6-7,9H,4-5,8H2,1H3,(H,16,20)(H,21,22). The van der Waals surface area contributed by atoms with Crippen molar-refractivity contribution in [1.82, 2.24) is 20.3 Å². The quantitative estimate of drug-likeness (QED) is 0.824. The normalized spacial score (nSPS) is 14.0. The monoisotopic (exact) mass is 332 g/mol. The zero-order valence-corrected chi connectivity index (χ0v) is 12.9. The first-order valence-electron chi connectivity index (χ1n) is 7.35. The molecule has 1 unspecified atom stereocenters. The molecule has 126 valence electrons. The van der Waals surface area contributed by atoms with Crippen LogP contribution in [0.4, 0.5) is 0 Å². The molecule has 1 aromatic carbocycles. The summed E-state index contributed by atoms with van der Waals surface area (Å²) < 4.78 is 12.2. The number of benzene rings is 1. The van der Waals surface area contributed by atoms with Crippen LogP contribution in [0.15, 0.2) is 24.4 Å². The SMILES string of the molecule is CC(NC(=O)Cn1cc(C(=O)O)nn1)c1ccc2c(c1)OCCO2. The van der Waals surface area contributed by atoms with Crippen molar-refractivity contribution in [3.8, 4) is 11.5 Å². The van der Waals surface area contributed by atoms with E-state index in [1.807, 2.05) is 25.1 Å². The van der Waals surface area contributed by atoms with Crippen LogP contribution in [0.1, 0.15) is 29.0 Å². The van der Waals surface area contributed by atoms with Crippen LogP contribution in [-0.2, 0) is 11.3 Å². The molecule has 3 rings (SSSR count). The predicted octanol–water partition coefficient (Wildman–Crippen LogP) is 0.625. The number of amides is 1. The second-order valence-electron chi connectivity index (χ2n) is 5.30. The van der Waals surface area contributed by atoms with E-state index in [0.29, 0.717) is 24.7 Å². The third-order valence-electron chi connectivity index (χ3n) is 3.51. The van der Waals surface area contributed by atoms with Gasteiger partial charge < -0.3 is 19.9 Å². The van der Waals surface area contributed by atoms with E-state index in [9.17, 15) is 9.59 Å². The van der Waals surface area contributed by atoms with Crippen LogP contribution in [0.3, 0.4) is 0 Å². The molecule has 1 amide bonds. The van der Waals surface area contributed by atoms with Gasteiger partial charge in [0.05, 0.1) is 12.2 Å². The molecular weight excluding hydrogens is 316 g/mol. The number of nitrogens with one attached hydrogen (secondary N) is 1. The number of carboxylic acids is 1. The fourth-order valence-electron chi connectivity index (χ4n) is 2.32. The van der Waals surface area contributed by atoms with Crippen molar-refractivity contribution in [2.45, 2.75) is 19.5 Å². The first-order chi connectivity index (χ1) is 11.5. The Kier molecular flexibility index (Phi) is 4.32. The van der Waals surface area contributed by atoms with Gasteiger partial charge in [-0.05, 0) is 24.6 Å². The Labute approximate surface area is 137 Å². The lowest BCUT2D eigenvalue weighted by molar-refractivity contribution is -0.122. The summed E-state index contributed by atoms with van der Waals surface area (Å²) in [4.78, 5) is 22.8. The van der Waals surface area contributed by atoms with Gasteiger partial charge in [0.25, 0.3) is 0 Å². The van der Waals surface area contributed by atoms with E-state index in [0.717, 1.165) is 5.56 Å². The third kappa shape index (κ3) is 3.45. The molecule has 0 saturated heterocycles. The van der Waals surface area contributed by atoms with E-state index in [1.54, 1.807) is 0 Å². The average Bonchev–Trinajstić information content (AvgIpc) is 3.03. The molecular formula is C15H16N4O5. The Bertz CT molecular complexity index is 773. The molecule has 0 spiro atoms. The summed E-state index contributed by atoms with van der Waals surface area (Å²) in [5.41, 5.74) is 0.667. The van der Waals surface area contributed by atoms with Crippen LogP contribution in [0.5, 0.6) is 11.5 Å². The van der Waals surface area contributed by atoms with Crippen LogP contribution < -0.4 is 14.8 Å². The summed E-state index contributed by atoms with van der Waals surface area (Å²) in [5.74, 6) is -0.153. The van der Waals surface area contributed by atoms with Crippen molar-refractivity contribution in [1.29, 1.82) is 0 Å². The molecule has 0 fully saturated rings. The summed E-state index contributed by atoms with van der Waals surface area (Å²) in [7, 11) is 0. The van der Waals surface area contributed by atoms with Gasteiger partial charge >= 0.3 is 5.97 Å². The number of fused-ring (bicyclic) bond motifs is 1. The molecule has 2 aromatic rings. The second kappa shape index (κ2) is 6.57. The molecule has 9 heteroatoms. The zero-order chi connectivity index (χ0) is 17.1. The van der Waals surface area contributed by atoms with Gasteiger partial charge in [0.2, 0.25) is 5.91 Å². The summed E-state index contributed by atoms with van der Waals surface area (Å²) >= 11 is 0. The lowest BCUT2D eigenvalue weighted by Gasteiger charge is -2.21. The number of aromatic nitrogens is 3. The van der Waals surface area contributed by atoms with Crippen LogP contribution >= 0.6 is 0 Å². The van der Waals surface area contributed by atoms with Crippen molar-refractivity contribution in [3.63, 3.8) is 0 Å². The van der Waals surface area contributed by atoms with Crippen molar-refractivity contribution in [2.24, 2.45) is 0 Å². The highest BCUT2D eigenvalue weighted by molar-refractivity contribution is 5.84. The maximum Gasteiger partial charge on any atom is 0.358 e. The van der Waals surface area contributed by atoms with Crippen LogP contribution in [-0.4, -0.2) is 45.2 Å². The van der Waals surface area contributed by atoms with Gasteiger partial charge in [0.1, 0.15) is 19.8 Å². The van der Waals surface area contributed by atoms with Gasteiger partial charge in [0.15, 0.2) is 17.2 Å². The number of hydrogen-bond donors (Lipinski definition) is 2. The Hall–Kier alpha value is -3.10. The number of carbonyl (C=O) groups excluding carboxylic acids is 1. The largest absolute Gasteiger partial charge is 0.486 e. The molecule has 2 heterocycles. The van der Waals surface area contributed by atoms with Gasteiger partial charge in [-0.15, -0.1) is 5.10 Å². The summed E-state index contributed by atoms with van der Waals surface area (Å²) in [6.07, 6.45) is 1.21. The van der Waals surface area contributed by atoms with E-state index in [4.69, 9.17) is 14.6 Å². The number of rotatable bonds is 5. The minimum Gasteiger partial charge on any atom is -0.486 e. The first kappa shape index (κ1) is 15.8. The topological polar surface area (TPSA) is 116 Å². The smallest absolute Gasteiger partial charge is 0.358 e. The summed E-state index contributed by atoms with van der Waals surface area (Å²) in [6, 6.07) is 5.24. The fourth-order valence-corrected chi connectivity index (χ4v) is 2.32. The summed E-state index contributed by atoms with van der Waals surface area (Å²) in [5, 5.41) is 18.7. The molecule has 1 aliphatic rings. The summed E-state index contributed by atoms with van der Waals surface area (Å²) in [6.45, 7) is 2.74. The van der Waals surface area contributed by atoms with Gasteiger partial charge in [-0.2, -0.15) is 0 Å². The highest BCUT2D eigenvalue weighted by Crippen LogP contribution is 2.32. The third-order valence-corrected chi connectivity index (χ3v) is 3.51. The second-order valence-corrected chi connectivity index (χ2v) is 5.30. The molecule has 0 aliphatic carbocycles. The van der Waals surface area contributed by atoms with E-state index >= 15 is 0 Å². The number of hydrogen-bond acceptors (Lipinski definition) is 6. The van der Waals surface area contributed by atoms with E-state index in [-0.39, 0.29) is 24.2 Å². The number of nitrogens with zero attached hydrogens (tertiary/aromatic N) is 3. The minimum atomic E-state index is -1.19. The zero-order valence-electron chi connectivity index (χ0n) is 12.9. The molecule has 1 aliphatic heterocycles. The molecule has 24 heavy (non-hydrogen) atoms. The van der Waals surface area contributed by atoms with Crippen molar-refractivity contribution < 1.29 is 24.2 Å². The van der Waals surface area contributed by atoms with Gasteiger partial charge in [-0.1, -0.05) is 11.3 Å². The first-order valence-corrected chi connectivity index (χ1v) is 7.35. The number of ether oxygens (including phenoxy) is 2. The Morgan fingerprint density at radius 2 is 2.08 bits per heavy atom. The molecule has 2 N–H and O–H groups in total. The maximum absolute atomic E-state index is 12.1. The van der Waals surface area contributed by atoms with Crippen molar-refractivity contribution in [2.75, 3.05) is 13.2 Å². The molecule has 0 bridgehead atoms. The molecule has 0 radical (unpaired) electrons. The Balaban J connectivity index is 1.62. The van der Waals surface area contributed by atoms with Crippen molar-refractivity contribution >= 4 is 11.9 Å². The predicted molar refractivity (Wildman–Crippen MR) is 81.0 cm³/mol. The van der Waals surface area contributed by atoms with E-state index < -0.39 is 5.97 Å². The highest BCUT2D eigenvalue weighted by Gasteiger charge is 2.16. The maximum atomic E-state index is 12.1. The Morgan fingerprint density at radius 1 is 1.33 bits per heavy atom. The van der Waals surface area contributed by atoms with Crippen LogP contribution in [0.2, 0.25) is 0 Å². The van der Waals surface area contributed by atoms with Crippen LogP contribution in [0.25, 0.3) is 0 Å². The number of carbonyl (C=O) groups is 2. The highest BCUT2D eigenvalue weighted by atomic mass is 16.6. The molecule has 0 saturated carbocycles. The minimum absolute atomic E-state index is 0.116. The molecule has 1 atom stereocenters. The average molecular weight is 332 g/mol. The Morgan fingerprint density at radius 3 is 2.79 bits per heavy atom. The number of aromatic carboxylic acids is 1. The number of carboxylic acid groups (broad SMARTS) is 1. The molecule has 1 aromatic heterocycles. The van der Waals surface area contributed by atoms with Gasteiger partial charge in [0, 0.05) is 0 Å². The fraction of sp³-hybridized carbons (Fsp3) is 0.333. The molecule has 9 nitrogen and oxygen atoms in total. The lowest BCUT2D eigenvalue weighted by atomic mass is 10.1. The lowest BCUT2D eigenvalue weighted by Crippen LogP contribution is -2.30. The van der Waals surface area contributed by atoms with Crippen LogP contribution in [0, 0.1) is 0 Å². The van der Waals surface area contributed by atoms with Gasteiger partial charge in [-0.25, -0.2) is 9.48 Å². The van der Waals surface area contributed by atoms with Gasteiger partial charge in [-0.3, -0.25) is 4.79 Å². The van der Waals surface area contributed by atoms with E-state index in [1.165, 1.54) is 10.9 Å².